The van der Waals surface area contributed by atoms with Crippen LogP contribution in [0.3, 0.4) is 0 Å². The van der Waals surface area contributed by atoms with Crippen molar-refractivity contribution in [2.75, 3.05) is 0 Å². The van der Waals surface area contributed by atoms with Gasteiger partial charge in [-0.25, -0.2) is 0 Å². The van der Waals surface area contributed by atoms with Gasteiger partial charge < -0.3 is 0 Å². The van der Waals surface area contributed by atoms with Crippen LogP contribution in [0, 0.1) is 0 Å². The molecule has 0 N–H and O–H groups in total. The fourth-order valence-electron chi connectivity index (χ4n) is 1.17. The van der Waals surface area contributed by atoms with Crippen molar-refractivity contribution in [1.82, 2.24) is 4.98 Å². The Balaban J connectivity index is 2.75. The zero-order valence-electron chi connectivity index (χ0n) is 7.60. The third kappa shape index (κ3) is 1.57. The van der Waals surface area contributed by atoms with Crippen LogP contribution in [0.15, 0.2) is 29.8 Å². The molecule has 16 heavy (non-hydrogen) atoms. The lowest BCUT2D eigenvalue weighted by Gasteiger charge is -1.98. The number of para-hydroxylation sites is 1. The molecule has 0 bridgehead atoms. The first-order valence-electron chi connectivity index (χ1n) is 4.02. The molecule has 86 valence electrons. The first-order valence-corrected chi connectivity index (χ1v) is 7.31. The van der Waals surface area contributed by atoms with Gasteiger partial charge in [-0.15, -0.1) is 0 Å². The highest BCUT2D eigenvalue weighted by Gasteiger charge is 2.55. The summed E-state index contributed by atoms with van der Waals surface area (Å²) < 4.78 is 59.5. The van der Waals surface area contributed by atoms with E-state index in [1.54, 1.807) is 6.07 Å². The molecule has 0 saturated carbocycles. The third-order valence-corrected chi connectivity index (χ3v) is 6.79. The van der Waals surface area contributed by atoms with Crippen molar-refractivity contribution in [2.45, 2.75) is 5.51 Å². The minimum Gasteiger partial charge on any atom is -0.198 e. The molecule has 2 rings (SSSR count). The van der Waals surface area contributed by atoms with E-state index in [4.69, 9.17) is 0 Å². The predicted octanol–water partition coefficient (Wildman–Crippen LogP) is 2.68. The molecule has 0 radical (unpaired) electrons. The van der Waals surface area contributed by atoms with Gasteiger partial charge in [-0.2, -0.15) is 26.6 Å². The van der Waals surface area contributed by atoms with Gasteiger partial charge in [0, 0.05) is 6.07 Å². The molecule has 1 aromatic carbocycles. The second-order valence-corrected chi connectivity index (χ2v) is 7.91. The quantitative estimate of drug-likeness (QED) is 0.590. The van der Waals surface area contributed by atoms with Crippen molar-refractivity contribution in [3.05, 3.63) is 29.8 Å². The highest BCUT2D eigenvalue weighted by Crippen LogP contribution is 2.42. The van der Waals surface area contributed by atoms with Crippen molar-refractivity contribution in [3.8, 4) is 0 Å². The Hall–Kier alpha value is -1.15. The van der Waals surface area contributed by atoms with Crippen molar-refractivity contribution < 1.29 is 21.6 Å². The lowest BCUT2D eigenvalue weighted by molar-refractivity contribution is -0.0411. The highest BCUT2D eigenvalue weighted by atomic mass is 33.2. The summed E-state index contributed by atoms with van der Waals surface area (Å²) in [6, 6.07) is 5.89. The largest absolute Gasteiger partial charge is 0.548 e. The lowest BCUT2D eigenvalue weighted by atomic mass is 10.3. The first kappa shape index (κ1) is 11.3. The summed E-state index contributed by atoms with van der Waals surface area (Å²) in [6.07, 6.45) is 0. The predicted molar refractivity (Wildman–Crippen MR) is 54.6 cm³/mol. The van der Waals surface area contributed by atoms with Crippen LogP contribution in [0.1, 0.15) is 0 Å². The van der Waals surface area contributed by atoms with E-state index in [2.05, 4.69) is 4.98 Å². The summed E-state index contributed by atoms with van der Waals surface area (Å²) >= 11 is 0. The normalized spacial score (nSPS) is 14.3. The molecular weight excluding hydrogens is 263 g/mol. The monoisotopic (exact) mass is 268 g/mol. The minimum absolute atomic E-state index is 0.0971. The summed E-state index contributed by atoms with van der Waals surface area (Å²) in [6.45, 7) is 0. The zero-order valence-corrected chi connectivity index (χ0v) is 9.23. The molecular formula is C8H5F3NO2S2+. The SMILES string of the molecule is O=S(=O)([s+]1cnc2ccccc21)C(F)(F)F. The van der Waals surface area contributed by atoms with Crippen LogP contribution < -0.4 is 0 Å². The van der Waals surface area contributed by atoms with E-state index >= 15 is 0 Å². The topological polar surface area (TPSA) is 47.0 Å². The fourth-order valence-corrected chi connectivity index (χ4v) is 4.80. The summed E-state index contributed by atoms with van der Waals surface area (Å²) in [5.41, 5.74) is -4.13. The molecule has 0 fully saturated rings. The van der Waals surface area contributed by atoms with E-state index in [0.717, 1.165) is 5.51 Å². The zero-order chi connectivity index (χ0) is 12.0. The number of hydrogen-bond acceptors (Lipinski definition) is 3. The molecule has 0 saturated heterocycles. The van der Waals surface area contributed by atoms with E-state index in [0.29, 0.717) is 0 Å². The Bertz CT molecular complexity index is 630. The first-order chi connectivity index (χ1) is 7.34. The maximum absolute atomic E-state index is 12.3. The summed E-state index contributed by atoms with van der Waals surface area (Å²) in [5.74, 6) is 0. The molecule has 0 amide bonds. The molecule has 8 heteroatoms. The van der Waals surface area contributed by atoms with Gasteiger partial charge in [0.05, 0.1) is 0 Å². The maximum atomic E-state index is 12.3. The van der Waals surface area contributed by atoms with Gasteiger partial charge in [-0.3, -0.25) is 0 Å². The molecule has 1 atom stereocenters. The van der Waals surface area contributed by atoms with Crippen molar-refractivity contribution in [2.24, 2.45) is 0 Å². The second-order valence-electron chi connectivity index (χ2n) is 2.90. The number of fused-ring (bicyclic) bond motifs is 1. The standard InChI is InChI=1S/C8H5F3NO2S2/c9-8(10,11)16(13,14)15-5-12-6-3-1-2-4-7(6)15/h1-5H/q+1. The average Bonchev–Trinajstić information content (AvgIpc) is 2.59. The van der Waals surface area contributed by atoms with Crippen molar-refractivity contribution in [1.29, 1.82) is 0 Å². The number of hydrogen-bond donors (Lipinski definition) is 0. The number of halogens is 3. The fraction of sp³-hybridized carbons (Fsp3) is 0.125. The second kappa shape index (κ2) is 3.42. The van der Waals surface area contributed by atoms with Gasteiger partial charge in [0.2, 0.25) is 10.2 Å². The van der Waals surface area contributed by atoms with Crippen LogP contribution in [0.4, 0.5) is 13.2 Å². The van der Waals surface area contributed by atoms with E-state index in [-0.39, 0.29) is 10.2 Å². The highest BCUT2D eigenvalue weighted by molar-refractivity contribution is 8.40. The maximum Gasteiger partial charge on any atom is 0.548 e. The van der Waals surface area contributed by atoms with E-state index in [1.807, 2.05) is 0 Å². The van der Waals surface area contributed by atoms with Gasteiger partial charge in [0.1, 0.15) is 15.0 Å². The number of benzene rings is 1. The molecule has 1 aromatic heterocycles. The van der Waals surface area contributed by atoms with Crippen molar-refractivity contribution >= 4 is 28.6 Å². The number of rotatable bonds is 1. The van der Waals surface area contributed by atoms with Gasteiger partial charge in [0.25, 0.3) is 0 Å². The molecule has 2 aromatic rings. The lowest BCUT2D eigenvalue weighted by Crippen LogP contribution is -2.19. The van der Waals surface area contributed by atoms with E-state index in [1.165, 1.54) is 18.2 Å². The molecule has 3 nitrogen and oxygen atoms in total. The Morgan fingerprint density at radius 2 is 1.81 bits per heavy atom. The van der Waals surface area contributed by atoms with Gasteiger partial charge >= 0.3 is 14.4 Å². The van der Waals surface area contributed by atoms with Crippen LogP contribution in [0.25, 0.3) is 10.2 Å². The summed E-state index contributed by atoms with van der Waals surface area (Å²) in [7, 11) is -7.24. The molecule has 0 aliphatic heterocycles. The minimum atomic E-state index is -5.25. The number of thiazole rings is 1. The summed E-state index contributed by atoms with van der Waals surface area (Å²) in [5, 5.41) is 0. The Kier molecular flexibility index (Phi) is 2.43. The van der Waals surface area contributed by atoms with Crippen LogP contribution in [0.5, 0.6) is 0 Å². The number of nitrogens with zero attached hydrogens (tertiary/aromatic N) is 1. The van der Waals surface area contributed by atoms with E-state index < -0.39 is 23.9 Å². The Morgan fingerprint density at radius 1 is 1.19 bits per heavy atom. The number of aromatic nitrogens is 1. The molecule has 0 aliphatic rings. The average molecular weight is 268 g/mol. The van der Waals surface area contributed by atoms with Crippen LogP contribution in [-0.2, 0) is 8.87 Å². The molecule has 1 unspecified atom stereocenters. The third-order valence-electron chi connectivity index (χ3n) is 1.89. The smallest absolute Gasteiger partial charge is 0.198 e. The van der Waals surface area contributed by atoms with Crippen LogP contribution >= 0.6 is 9.50 Å². The van der Waals surface area contributed by atoms with Gasteiger partial charge in [0.15, 0.2) is 0 Å². The van der Waals surface area contributed by atoms with Crippen LogP contribution in [0.2, 0.25) is 0 Å². The van der Waals surface area contributed by atoms with Gasteiger partial charge in [-0.1, -0.05) is 12.1 Å². The van der Waals surface area contributed by atoms with E-state index in [9.17, 15) is 21.6 Å². The molecule has 1 heterocycles. The summed E-state index contributed by atoms with van der Waals surface area (Å²) in [4.78, 5) is 3.67. The van der Waals surface area contributed by atoms with Gasteiger partial charge in [-0.05, 0) is 6.07 Å². The Morgan fingerprint density at radius 3 is 2.44 bits per heavy atom. The van der Waals surface area contributed by atoms with Crippen LogP contribution in [-0.4, -0.2) is 18.9 Å². The molecule has 0 aliphatic carbocycles. The number of alkyl halides is 3. The molecule has 0 spiro atoms. The Labute approximate surface area is 90.8 Å². The van der Waals surface area contributed by atoms with Crippen molar-refractivity contribution in [3.63, 3.8) is 0 Å².